The maximum absolute atomic E-state index is 13.3. The molecular formula is C26H32FN3O3. The summed E-state index contributed by atoms with van der Waals surface area (Å²) < 4.78 is 13.3. The van der Waals surface area contributed by atoms with E-state index in [0.717, 1.165) is 5.56 Å². The smallest absolute Gasteiger partial charge is 0.254 e. The first-order valence-corrected chi connectivity index (χ1v) is 11.6. The van der Waals surface area contributed by atoms with Gasteiger partial charge in [-0.15, -0.1) is 0 Å². The van der Waals surface area contributed by atoms with Gasteiger partial charge in [0.15, 0.2) is 0 Å². The molecule has 6 nitrogen and oxygen atoms in total. The van der Waals surface area contributed by atoms with Gasteiger partial charge in [0, 0.05) is 37.3 Å². The van der Waals surface area contributed by atoms with E-state index in [-0.39, 0.29) is 17.7 Å². The first-order valence-electron chi connectivity index (χ1n) is 11.6. The molecule has 1 atom stereocenters. The number of likely N-dealkylation sites (tertiary alicyclic amines) is 1. The monoisotopic (exact) mass is 453 g/mol. The average Bonchev–Trinajstić information content (AvgIpc) is 2.83. The molecule has 1 fully saturated rings. The number of carbonyl (C=O) groups excluding carboxylic acids is 3. The first-order chi connectivity index (χ1) is 15.8. The lowest BCUT2D eigenvalue weighted by atomic mass is 9.87. The quantitative estimate of drug-likeness (QED) is 0.696. The summed E-state index contributed by atoms with van der Waals surface area (Å²) in [4.78, 5) is 42.6. The number of hydrogen-bond donors (Lipinski definition) is 1. The molecule has 1 aliphatic heterocycles. The minimum atomic E-state index is -0.696. The van der Waals surface area contributed by atoms with Crippen LogP contribution in [0.2, 0.25) is 0 Å². The number of aryl methyl sites for hydroxylation is 1. The van der Waals surface area contributed by atoms with Crippen LogP contribution in [0.3, 0.4) is 0 Å². The molecule has 0 radical (unpaired) electrons. The number of carbonyl (C=O) groups is 3. The minimum absolute atomic E-state index is 0.00600. The van der Waals surface area contributed by atoms with Crippen molar-refractivity contribution in [2.75, 3.05) is 26.2 Å². The molecule has 1 N–H and O–H groups in total. The SMILES string of the molecule is CCN(CC)C(=O)[C@H](NC(=O)c1ccc(F)cc1)C1CCN(C(=O)c2ccccc2C)CC1. The van der Waals surface area contributed by atoms with Crippen molar-refractivity contribution < 1.29 is 18.8 Å². The molecule has 0 aromatic heterocycles. The zero-order chi connectivity index (χ0) is 24.0. The van der Waals surface area contributed by atoms with E-state index in [1.165, 1.54) is 24.3 Å². The Morgan fingerprint density at radius 2 is 1.64 bits per heavy atom. The van der Waals surface area contributed by atoms with Gasteiger partial charge in [0.05, 0.1) is 0 Å². The Bertz CT molecular complexity index is 981. The standard InChI is InChI=1S/C26H32FN3O3/c1-4-29(5-2)26(33)23(28-24(31)20-10-12-21(27)13-11-20)19-14-16-30(17-15-19)25(32)22-9-7-6-8-18(22)3/h6-13,19,23H,4-5,14-17H2,1-3H3,(H,28,31)/t23-/m1/s1. The highest BCUT2D eigenvalue weighted by atomic mass is 19.1. The van der Waals surface area contributed by atoms with Crippen LogP contribution in [-0.4, -0.2) is 59.7 Å². The molecule has 2 aromatic carbocycles. The number of hydrogen-bond acceptors (Lipinski definition) is 3. The lowest BCUT2D eigenvalue weighted by Crippen LogP contribution is -2.54. The van der Waals surface area contributed by atoms with Crippen molar-refractivity contribution in [3.8, 4) is 0 Å². The van der Waals surface area contributed by atoms with Gasteiger partial charge in [-0.05, 0) is 75.4 Å². The maximum Gasteiger partial charge on any atom is 0.254 e. The summed E-state index contributed by atoms with van der Waals surface area (Å²) in [5.41, 5.74) is 1.93. The van der Waals surface area contributed by atoms with E-state index in [1.54, 1.807) is 4.90 Å². The van der Waals surface area contributed by atoms with E-state index in [1.807, 2.05) is 49.9 Å². The van der Waals surface area contributed by atoms with Crippen LogP contribution in [-0.2, 0) is 4.79 Å². The number of likely N-dealkylation sites (N-methyl/N-ethyl adjacent to an activating group) is 1. The molecule has 1 aliphatic rings. The van der Waals surface area contributed by atoms with Crippen molar-refractivity contribution in [3.63, 3.8) is 0 Å². The van der Waals surface area contributed by atoms with Gasteiger partial charge in [-0.1, -0.05) is 18.2 Å². The van der Waals surface area contributed by atoms with Gasteiger partial charge < -0.3 is 15.1 Å². The van der Waals surface area contributed by atoms with Crippen molar-refractivity contribution in [1.82, 2.24) is 15.1 Å². The third-order valence-corrected chi connectivity index (χ3v) is 6.41. The molecule has 0 bridgehead atoms. The highest BCUT2D eigenvalue weighted by molar-refractivity contribution is 5.98. The van der Waals surface area contributed by atoms with Gasteiger partial charge in [-0.3, -0.25) is 14.4 Å². The van der Waals surface area contributed by atoms with Crippen molar-refractivity contribution in [2.45, 2.75) is 39.7 Å². The minimum Gasteiger partial charge on any atom is -0.341 e. The van der Waals surface area contributed by atoms with Crippen LogP contribution in [0.5, 0.6) is 0 Å². The fourth-order valence-corrected chi connectivity index (χ4v) is 4.36. The van der Waals surface area contributed by atoms with Gasteiger partial charge in [-0.25, -0.2) is 4.39 Å². The number of amides is 3. The zero-order valence-electron chi connectivity index (χ0n) is 19.5. The Kier molecular flexibility index (Phi) is 8.20. The van der Waals surface area contributed by atoms with Crippen LogP contribution >= 0.6 is 0 Å². The highest BCUT2D eigenvalue weighted by Crippen LogP contribution is 2.24. The van der Waals surface area contributed by atoms with Crippen molar-refractivity contribution in [1.29, 1.82) is 0 Å². The van der Waals surface area contributed by atoms with Crippen LogP contribution in [0, 0.1) is 18.7 Å². The van der Waals surface area contributed by atoms with E-state index in [9.17, 15) is 18.8 Å². The van der Waals surface area contributed by atoms with Gasteiger partial charge in [-0.2, -0.15) is 0 Å². The Balaban J connectivity index is 1.73. The number of rotatable bonds is 7. The predicted molar refractivity (Wildman–Crippen MR) is 125 cm³/mol. The van der Waals surface area contributed by atoms with Gasteiger partial charge in [0.1, 0.15) is 11.9 Å². The second-order valence-electron chi connectivity index (χ2n) is 8.41. The van der Waals surface area contributed by atoms with Crippen molar-refractivity contribution in [2.24, 2.45) is 5.92 Å². The number of piperidine rings is 1. The molecule has 3 rings (SSSR count). The third kappa shape index (κ3) is 5.78. The molecule has 176 valence electrons. The van der Waals surface area contributed by atoms with Crippen LogP contribution < -0.4 is 5.32 Å². The Morgan fingerprint density at radius 1 is 1.03 bits per heavy atom. The molecule has 2 aromatic rings. The average molecular weight is 454 g/mol. The molecule has 0 aliphatic carbocycles. The lowest BCUT2D eigenvalue weighted by Gasteiger charge is -2.37. The molecular weight excluding hydrogens is 421 g/mol. The largest absolute Gasteiger partial charge is 0.341 e. The molecule has 1 saturated heterocycles. The predicted octanol–water partition coefficient (Wildman–Crippen LogP) is 3.65. The molecule has 0 saturated carbocycles. The number of halogens is 1. The summed E-state index contributed by atoms with van der Waals surface area (Å²) in [5.74, 6) is -1.05. The van der Waals surface area contributed by atoms with Crippen LogP contribution in [0.25, 0.3) is 0 Å². The van der Waals surface area contributed by atoms with Crippen molar-refractivity contribution >= 4 is 17.7 Å². The molecule has 33 heavy (non-hydrogen) atoms. The van der Waals surface area contributed by atoms with Crippen molar-refractivity contribution in [3.05, 3.63) is 71.0 Å². The summed E-state index contributed by atoms with van der Waals surface area (Å²) >= 11 is 0. The molecule has 1 heterocycles. The number of nitrogens with zero attached hydrogens (tertiary/aromatic N) is 2. The second kappa shape index (κ2) is 11.1. The van der Waals surface area contributed by atoms with Crippen LogP contribution in [0.4, 0.5) is 4.39 Å². The summed E-state index contributed by atoms with van der Waals surface area (Å²) in [6, 6.07) is 12.1. The van der Waals surface area contributed by atoms with E-state index < -0.39 is 17.8 Å². The molecule has 0 spiro atoms. The zero-order valence-corrected chi connectivity index (χ0v) is 19.5. The molecule has 0 unspecified atom stereocenters. The summed E-state index contributed by atoms with van der Waals surface area (Å²) in [7, 11) is 0. The Hall–Kier alpha value is -3.22. The second-order valence-corrected chi connectivity index (χ2v) is 8.41. The fourth-order valence-electron chi connectivity index (χ4n) is 4.36. The van der Waals surface area contributed by atoms with Gasteiger partial charge >= 0.3 is 0 Å². The fraction of sp³-hybridized carbons (Fsp3) is 0.423. The van der Waals surface area contributed by atoms with Gasteiger partial charge in [0.25, 0.3) is 11.8 Å². The van der Waals surface area contributed by atoms with E-state index in [0.29, 0.717) is 50.1 Å². The van der Waals surface area contributed by atoms with Crippen LogP contribution in [0.1, 0.15) is 53.0 Å². The first kappa shape index (κ1) is 24.4. The maximum atomic E-state index is 13.3. The van der Waals surface area contributed by atoms with Gasteiger partial charge in [0.2, 0.25) is 5.91 Å². The Labute approximate surface area is 194 Å². The third-order valence-electron chi connectivity index (χ3n) is 6.41. The number of nitrogens with one attached hydrogen (secondary N) is 1. The topological polar surface area (TPSA) is 69.7 Å². The van der Waals surface area contributed by atoms with Crippen LogP contribution in [0.15, 0.2) is 48.5 Å². The normalized spacial score (nSPS) is 15.1. The molecule has 7 heteroatoms. The lowest BCUT2D eigenvalue weighted by molar-refractivity contribution is -0.134. The van der Waals surface area contributed by atoms with E-state index in [2.05, 4.69) is 5.32 Å². The Morgan fingerprint density at radius 3 is 2.21 bits per heavy atom. The van der Waals surface area contributed by atoms with E-state index >= 15 is 0 Å². The van der Waals surface area contributed by atoms with E-state index in [4.69, 9.17) is 0 Å². The summed E-state index contributed by atoms with van der Waals surface area (Å²) in [6.45, 7) is 7.86. The number of benzene rings is 2. The summed E-state index contributed by atoms with van der Waals surface area (Å²) in [5, 5.41) is 2.90. The highest BCUT2D eigenvalue weighted by Gasteiger charge is 2.36. The molecule has 3 amide bonds. The summed E-state index contributed by atoms with van der Waals surface area (Å²) in [6.07, 6.45) is 1.22.